The predicted molar refractivity (Wildman–Crippen MR) is 96.7 cm³/mol. The second-order valence-corrected chi connectivity index (χ2v) is 7.11. The van der Waals surface area contributed by atoms with E-state index in [-0.39, 0.29) is 5.91 Å². The van der Waals surface area contributed by atoms with E-state index < -0.39 is 0 Å². The number of rotatable bonds is 8. The molecule has 124 valence electrons. The van der Waals surface area contributed by atoms with E-state index in [1.165, 1.54) is 11.1 Å². The van der Waals surface area contributed by atoms with E-state index in [2.05, 4.69) is 50.4 Å². The molecular formula is C19H25NO2S. The molecule has 3 nitrogen and oxygen atoms in total. The van der Waals surface area contributed by atoms with Crippen molar-refractivity contribution in [2.75, 3.05) is 6.54 Å². The summed E-state index contributed by atoms with van der Waals surface area (Å²) < 4.78 is 5.64. The SMILES string of the molecule is Cc1ccccc1CSCc1ccc(C(=O)NCCC(C)C)o1. The van der Waals surface area contributed by atoms with Crippen LogP contribution < -0.4 is 5.32 Å². The minimum Gasteiger partial charge on any atom is -0.455 e. The zero-order valence-corrected chi connectivity index (χ0v) is 14.9. The highest BCUT2D eigenvalue weighted by molar-refractivity contribution is 7.97. The van der Waals surface area contributed by atoms with Gasteiger partial charge in [-0.2, -0.15) is 0 Å². The topological polar surface area (TPSA) is 42.2 Å². The van der Waals surface area contributed by atoms with Gasteiger partial charge in [0.1, 0.15) is 5.76 Å². The molecule has 1 aromatic carbocycles. The molecule has 0 saturated heterocycles. The van der Waals surface area contributed by atoms with Crippen LogP contribution in [0.3, 0.4) is 0 Å². The van der Waals surface area contributed by atoms with E-state index in [9.17, 15) is 4.79 Å². The Bertz CT molecular complexity index is 634. The van der Waals surface area contributed by atoms with Gasteiger partial charge in [-0.3, -0.25) is 4.79 Å². The Hall–Kier alpha value is -1.68. The van der Waals surface area contributed by atoms with Crippen LogP contribution in [0.25, 0.3) is 0 Å². The molecule has 4 heteroatoms. The first kappa shape index (κ1) is 17.7. The molecule has 1 heterocycles. The van der Waals surface area contributed by atoms with Crippen LogP contribution in [0.15, 0.2) is 40.8 Å². The van der Waals surface area contributed by atoms with Crippen molar-refractivity contribution in [2.24, 2.45) is 5.92 Å². The van der Waals surface area contributed by atoms with Crippen LogP contribution in [0.2, 0.25) is 0 Å². The molecule has 0 aliphatic heterocycles. The fourth-order valence-electron chi connectivity index (χ4n) is 2.17. The molecule has 0 aliphatic carbocycles. The van der Waals surface area contributed by atoms with Crippen LogP contribution in [-0.4, -0.2) is 12.5 Å². The molecule has 0 aliphatic rings. The van der Waals surface area contributed by atoms with E-state index in [1.54, 1.807) is 17.8 Å². The monoisotopic (exact) mass is 331 g/mol. The molecule has 0 unspecified atom stereocenters. The van der Waals surface area contributed by atoms with Gasteiger partial charge >= 0.3 is 0 Å². The van der Waals surface area contributed by atoms with Crippen LogP contribution in [0, 0.1) is 12.8 Å². The first-order valence-electron chi connectivity index (χ1n) is 8.05. The number of hydrogen-bond donors (Lipinski definition) is 1. The van der Waals surface area contributed by atoms with Gasteiger partial charge in [0.2, 0.25) is 0 Å². The molecule has 0 spiro atoms. The van der Waals surface area contributed by atoms with Gasteiger partial charge in [0.15, 0.2) is 5.76 Å². The third-order valence-electron chi connectivity index (χ3n) is 3.66. The lowest BCUT2D eigenvalue weighted by molar-refractivity contribution is 0.0923. The first-order valence-corrected chi connectivity index (χ1v) is 9.21. The average Bonchev–Trinajstić information content (AvgIpc) is 2.98. The summed E-state index contributed by atoms with van der Waals surface area (Å²) in [6.45, 7) is 7.10. The summed E-state index contributed by atoms with van der Waals surface area (Å²) in [6, 6.07) is 12.0. The molecule has 1 N–H and O–H groups in total. The summed E-state index contributed by atoms with van der Waals surface area (Å²) in [5, 5.41) is 2.89. The second kappa shape index (κ2) is 8.82. The van der Waals surface area contributed by atoms with Crippen molar-refractivity contribution in [2.45, 2.75) is 38.7 Å². The zero-order valence-electron chi connectivity index (χ0n) is 14.1. The maximum absolute atomic E-state index is 12.0. The first-order chi connectivity index (χ1) is 11.1. The van der Waals surface area contributed by atoms with Crippen LogP contribution in [0.1, 0.15) is 47.7 Å². The molecule has 0 saturated carbocycles. The van der Waals surface area contributed by atoms with Gasteiger partial charge < -0.3 is 9.73 Å². The summed E-state index contributed by atoms with van der Waals surface area (Å²) >= 11 is 1.79. The van der Waals surface area contributed by atoms with Gasteiger partial charge in [-0.25, -0.2) is 0 Å². The normalized spacial score (nSPS) is 11.0. The molecule has 0 radical (unpaired) electrons. The Kier molecular flexibility index (Phi) is 6.78. The number of carbonyl (C=O) groups is 1. The molecule has 0 atom stereocenters. The Morgan fingerprint density at radius 1 is 1.17 bits per heavy atom. The number of nitrogens with one attached hydrogen (secondary N) is 1. The fourth-order valence-corrected chi connectivity index (χ4v) is 3.17. The summed E-state index contributed by atoms with van der Waals surface area (Å²) in [6.07, 6.45) is 0.978. The second-order valence-electron chi connectivity index (χ2n) is 6.12. The van der Waals surface area contributed by atoms with Gasteiger partial charge in [0.05, 0.1) is 5.75 Å². The number of furan rings is 1. The minimum absolute atomic E-state index is 0.124. The van der Waals surface area contributed by atoms with Crippen LogP contribution in [-0.2, 0) is 11.5 Å². The number of amides is 1. The predicted octanol–water partition coefficient (Wildman–Crippen LogP) is 4.80. The molecule has 0 fully saturated rings. The van der Waals surface area contributed by atoms with Gasteiger partial charge in [-0.15, -0.1) is 11.8 Å². The lowest BCUT2D eigenvalue weighted by atomic mass is 10.1. The molecule has 1 amide bonds. The van der Waals surface area contributed by atoms with E-state index in [1.807, 2.05) is 6.07 Å². The summed E-state index contributed by atoms with van der Waals surface area (Å²) in [5.41, 5.74) is 2.65. The molecular weight excluding hydrogens is 306 g/mol. The van der Waals surface area contributed by atoms with Crippen LogP contribution in [0.4, 0.5) is 0 Å². The summed E-state index contributed by atoms with van der Waals surface area (Å²) in [7, 11) is 0. The largest absolute Gasteiger partial charge is 0.455 e. The lowest BCUT2D eigenvalue weighted by Gasteiger charge is -2.05. The van der Waals surface area contributed by atoms with Crippen LogP contribution >= 0.6 is 11.8 Å². The van der Waals surface area contributed by atoms with E-state index >= 15 is 0 Å². The molecule has 2 rings (SSSR count). The summed E-state index contributed by atoms with van der Waals surface area (Å²) in [4.78, 5) is 12.0. The molecule has 2 aromatic rings. The lowest BCUT2D eigenvalue weighted by Crippen LogP contribution is -2.24. The van der Waals surface area contributed by atoms with Gasteiger partial charge in [-0.1, -0.05) is 38.1 Å². The maximum atomic E-state index is 12.0. The highest BCUT2D eigenvalue weighted by Crippen LogP contribution is 2.21. The maximum Gasteiger partial charge on any atom is 0.286 e. The third-order valence-corrected chi connectivity index (χ3v) is 4.66. The standard InChI is InChI=1S/C19H25NO2S/c1-14(2)10-11-20-19(21)18-9-8-17(22-18)13-23-12-16-7-5-4-6-15(16)3/h4-9,14H,10-13H2,1-3H3,(H,20,21). The highest BCUT2D eigenvalue weighted by Gasteiger charge is 2.11. The van der Waals surface area contributed by atoms with Crippen molar-refractivity contribution in [1.29, 1.82) is 0 Å². The number of benzene rings is 1. The Labute approximate surface area is 142 Å². The summed E-state index contributed by atoms with van der Waals surface area (Å²) in [5.74, 6) is 3.43. The van der Waals surface area contributed by atoms with Crippen LogP contribution in [0.5, 0.6) is 0 Å². The Balaban J connectivity index is 1.78. The van der Waals surface area contributed by atoms with Crippen molar-refractivity contribution >= 4 is 17.7 Å². The van der Waals surface area contributed by atoms with E-state index in [4.69, 9.17) is 4.42 Å². The zero-order chi connectivity index (χ0) is 16.7. The van der Waals surface area contributed by atoms with Gasteiger partial charge in [-0.05, 0) is 42.5 Å². The number of thioether (sulfide) groups is 1. The minimum atomic E-state index is -0.124. The highest BCUT2D eigenvalue weighted by atomic mass is 32.2. The van der Waals surface area contributed by atoms with Crippen molar-refractivity contribution in [3.05, 3.63) is 59.0 Å². The van der Waals surface area contributed by atoms with Gasteiger partial charge in [0, 0.05) is 12.3 Å². The van der Waals surface area contributed by atoms with Gasteiger partial charge in [0.25, 0.3) is 5.91 Å². The molecule has 23 heavy (non-hydrogen) atoms. The average molecular weight is 331 g/mol. The Morgan fingerprint density at radius 2 is 1.96 bits per heavy atom. The fraction of sp³-hybridized carbons (Fsp3) is 0.421. The smallest absolute Gasteiger partial charge is 0.286 e. The van der Waals surface area contributed by atoms with E-state index in [0.717, 1.165) is 23.7 Å². The van der Waals surface area contributed by atoms with Crippen molar-refractivity contribution in [3.63, 3.8) is 0 Å². The quantitative estimate of drug-likeness (QED) is 0.755. The molecule has 1 aromatic heterocycles. The third kappa shape index (κ3) is 5.79. The number of hydrogen-bond acceptors (Lipinski definition) is 3. The number of aryl methyl sites for hydroxylation is 1. The van der Waals surface area contributed by atoms with Crippen molar-refractivity contribution in [3.8, 4) is 0 Å². The Morgan fingerprint density at radius 3 is 2.70 bits per heavy atom. The molecule has 0 bridgehead atoms. The van der Waals surface area contributed by atoms with Crippen molar-refractivity contribution in [1.82, 2.24) is 5.32 Å². The van der Waals surface area contributed by atoms with Crippen molar-refractivity contribution < 1.29 is 9.21 Å². The van der Waals surface area contributed by atoms with E-state index in [0.29, 0.717) is 18.2 Å². The number of carbonyl (C=O) groups excluding carboxylic acids is 1.